The number of aryl methyl sites for hydroxylation is 2. The highest BCUT2D eigenvalue weighted by molar-refractivity contribution is 5.95. The first-order valence-electron chi connectivity index (χ1n) is 7.17. The molecule has 1 amide bonds. The molecule has 5 nitrogen and oxygen atoms in total. The summed E-state index contributed by atoms with van der Waals surface area (Å²) in [5.74, 6) is 0.660. The maximum absolute atomic E-state index is 12.7. The molecule has 106 valence electrons. The summed E-state index contributed by atoms with van der Waals surface area (Å²) in [6.07, 6.45) is 3.98. The van der Waals surface area contributed by atoms with Gasteiger partial charge < -0.3 is 4.90 Å². The second-order valence-electron chi connectivity index (χ2n) is 5.81. The van der Waals surface area contributed by atoms with Crippen molar-refractivity contribution in [1.29, 1.82) is 0 Å². The molecule has 1 aliphatic rings. The number of hydrogen-bond donors (Lipinski definition) is 0. The molecule has 0 aromatic carbocycles. The smallest absolute Gasteiger partial charge is 0.257 e. The normalized spacial score (nSPS) is 19.6. The molecule has 1 atom stereocenters. The quantitative estimate of drug-likeness (QED) is 0.800. The Hall–Kier alpha value is -1.91. The lowest BCUT2D eigenvalue weighted by molar-refractivity contribution is 0.0681. The maximum atomic E-state index is 12.7. The Labute approximate surface area is 118 Å². The average Bonchev–Trinajstić information content (AvgIpc) is 2.80. The van der Waals surface area contributed by atoms with Crippen LogP contribution >= 0.6 is 0 Å². The Morgan fingerprint density at radius 1 is 1.40 bits per heavy atom. The standard InChI is InChI=1S/C15H20N4O/c1-10-5-4-6-18(9-10)15(20)13-8-16-14-7-11(2)17-19(14)12(13)3/h7-8,10H,4-6,9H2,1-3H3. The largest absolute Gasteiger partial charge is 0.338 e. The summed E-state index contributed by atoms with van der Waals surface area (Å²) in [5, 5.41) is 4.40. The lowest BCUT2D eigenvalue weighted by atomic mass is 9.99. The molecular weight excluding hydrogens is 252 g/mol. The summed E-state index contributed by atoms with van der Waals surface area (Å²) in [7, 11) is 0. The highest BCUT2D eigenvalue weighted by Gasteiger charge is 2.24. The highest BCUT2D eigenvalue weighted by atomic mass is 16.2. The van der Waals surface area contributed by atoms with E-state index in [0.29, 0.717) is 11.5 Å². The van der Waals surface area contributed by atoms with Gasteiger partial charge in [-0.25, -0.2) is 9.50 Å². The Kier molecular flexibility index (Phi) is 3.20. The summed E-state index contributed by atoms with van der Waals surface area (Å²) in [4.78, 5) is 19.0. The van der Waals surface area contributed by atoms with Crippen LogP contribution in [-0.2, 0) is 0 Å². The SMILES string of the molecule is Cc1cc2ncc(C(=O)N3CCCC(C)C3)c(C)n2n1. The second-order valence-corrected chi connectivity index (χ2v) is 5.81. The second kappa shape index (κ2) is 4.89. The zero-order chi connectivity index (χ0) is 14.3. The van der Waals surface area contributed by atoms with E-state index in [2.05, 4.69) is 17.0 Å². The summed E-state index contributed by atoms with van der Waals surface area (Å²) >= 11 is 0. The van der Waals surface area contributed by atoms with Gasteiger partial charge in [0, 0.05) is 25.4 Å². The average molecular weight is 272 g/mol. The van der Waals surface area contributed by atoms with Crippen LogP contribution in [0.25, 0.3) is 5.65 Å². The van der Waals surface area contributed by atoms with Gasteiger partial charge in [0.25, 0.3) is 5.91 Å². The van der Waals surface area contributed by atoms with Gasteiger partial charge in [0.2, 0.25) is 0 Å². The maximum Gasteiger partial charge on any atom is 0.257 e. The molecule has 0 N–H and O–H groups in total. The van der Waals surface area contributed by atoms with Crippen LogP contribution in [0.5, 0.6) is 0 Å². The Bertz CT molecular complexity index is 661. The van der Waals surface area contributed by atoms with E-state index in [1.165, 1.54) is 6.42 Å². The number of fused-ring (bicyclic) bond motifs is 1. The zero-order valence-electron chi connectivity index (χ0n) is 12.3. The van der Waals surface area contributed by atoms with Crippen molar-refractivity contribution in [1.82, 2.24) is 19.5 Å². The number of carbonyl (C=O) groups excluding carboxylic acids is 1. The molecule has 0 spiro atoms. The Morgan fingerprint density at radius 3 is 2.95 bits per heavy atom. The fourth-order valence-electron chi connectivity index (χ4n) is 2.92. The number of amides is 1. The molecule has 1 unspecified atom stereocenters. The molecule has 0 saturated carbocycles. The van der Waals surface area contributed by atoms with Crippen molar-refractivity contribution >= 4 is 11.6 Å². The minimum Gasteiger partial charge on any atom is -0.338 e. The predicted octanol–water partition coefficient (Wildman–Crippen LogP) is 2.22. The minimum atomic E-state index is 0.0802. The van der Waals surface area contributed by atoms with Crippen LogP contribution in [-0.4, -0.2) is 38.5 Å². The van der Waals surface area contributed by atoms with E-state index in [0.717, 1.165) is 36.5 Å². The topological polar surface area (TPSA) is 50.5 Å². The van der Waals surface area contributed by atoms with Gasteiger partial charge in [-0.15, -0.1) is 0 Å². The molecule has 0 aliphatic carbocycles. The van der Waals surface area contributed by atoms with Crippen LogP contribution in [0.1, 0.15) is 41.5 Å². The first kappa shape index (κ1) is 13.1. The molecule has 2 aromatic rings. The molecule has 1 aliphatic heterocycles. The van der Waals surface area contributed by atoms with Crippen molar-refractivity contribution in [2.75, 3.05) is 13.1 Å². The van der Waals surface area contributed by atoms with Gasteiger partial charge in [-0.05, 0) is 32.6 Å². The van der Waals surface area contributed by atoms with Gasteiger partial charge in [0.15, 0.2) is 5.65 Å². The van der Waals surface area contributed by atoms with Gasteiger partial charge in [-0.1, -0.05) is 6.92 Å². The monoisotopic (exact) mass is 272 g/mol. The Morgan fingerprint density at radius 2 is 2.20 bits per heavy atom. The zero-order valence-corrected chi connectivity index (χ0v) is 12.3. The molecule has 20 heavy (non-hydrogen) atoms. The Balaban J connectivity index is 1.96. The summed E-state index contributed by atoms with van der Waals surface area (Å²) in [6, 6.07) is 1.92. The van der Waals surface area contributed by atoms with Crippen LogP contribution < -0.4 is 0 Å². The molecule has 3 rings (SSSR count). The number of carbonyl (C=O) groups is 1. The van der Waals surface area contributed by atoms with E-state index in [4.69, 9.17) is 0 Å². The number of likely N-dealkylation sites (tertiary alicyclic amines) is 1. The summed E-state index contributed by atoms with van der Waals surface area (Å²) in [6.45, 7) is 7.75. The third-order valence-corrected chi connectivity index (χ3v) is 4.02. The predicted molar refractivity (Wildman–Crippen MR) is 76.8 cm³/mol. The van der Waals surface area contributed by atoms with E-state index >= 15 is 0 Å². The van der Waals surface area contributed by atoms with Crippen LogP contribution in [0, 0.1) is 19.8 Å². The van der Waals surface area contributed by atoms with Crippen molar-refractivity contribution < 1.29 is 4.79 Å². The van der Waals surface area contributed by atoms with Crippen molar-refractivity contribution in [2.45, 2.75) is 33.6 Å². The van der Waals surface area contributed by atoms with Crippen molar-refractivity contribution in [3.8, 4) is 0 Å². The molecule has 0 radical (unpaired) electrons. The van der Waals surface area contributed by atoms with E-state index in [-0.39, 0.29) is 5.91 Å². The van der Waals surface area contributed by atoms with Crippen LogP contribution in [0.4, 0.5) is 0 Å². The minimum absolute atomic E-state index is 0.0802. The first-order valence-corrected chi connectivity index (χ1v) is 7.17. The van der Waals surface area contributed by atoms with Crippen molar-refractivity contribution in [3.05, 3.63) is 29.2 Å². The van der Waals surface area contributed by atoms with Gasteiger partial charge in [-0.2, -0.15) is 5.10 Å². The summed E-state index contributed by atoms with van der Waals surface area (Å²) < 4.78 is 1.76. The molecule has 0 bridgehead atoms. The van der Waals surface area contributed by atoms with E-state index in [1.807, 2.05) is 24.8 Å². The number of nitrogens with zero attached hydrogens (tertiary/aromatic N) is 4. The van der Waals surface area contributed by atoms with Crippen LogP contribution in [0.2, 0.25) is 0 Å². The number of aromatic nitrogens is 3. The first-order chi connectivity index (χ1) is 9.56. The number of piperidine rings is 1. The van der Waals surface area contributed by atoms with Gasteiger partial charge in [-0.3, -0.25) is 4.79 Å². The number of hydrogen-bond acceptors (Lipinski definition) is 3. The van der Waals surface area contributed by atoms with E-state index < -0.39 is 0 Å². The molecular formula is C15H20N4O. The van der Waals surface area contributed by atoms with E-state index in [1.54, 1.807) is 10.7 Å². The van der Waals surface area contributed by atoms with Crippen molar-refractivity contribution in [2.24, 2.45) is 5.92 Å². The highest BCUT2D eigenvalue weighted by Crippen LogP contribution is 2.19. The van der Waals surface area contributed by atoms with Gasteiger partial charge in [0.05, 0.1) is 17.0 Å². The van der Waals surface area contributed by atoms with Crippen molar-refractivity contribution in [3.63, 3.8) is 0 Å². The van der Waals surface area contributed by atoms with E-state index in [9.17, 15) is 4.79 Å². The van der Waals surface area contributed by atoms with Gasteiger partial charge >= 0.3 is 0 Å². The molecule has 3 heterocycles. The molecule has 5 heteroatoms. The molecule has 1 fully saturated rings. The van der Waals surface area contributed by atoms with Gasteiger partial charge in [0.1, 0.15) is 0 Å². The number of rotatable bonds is 1. The lowest BCUT2D eigenvalue weighted by Crippen LogP contribution is -2.39. The fraction of sp³-hybridized carbons (Fsp3) is 0.533. The lowest BCUT2D eigenvalue weighted by Gasteiger charge is -2.31. The third kappa shape index (κ3) is 2.17. The molecule has 1 saturated heterocycles. The van der Waals surface area contributed by atoms with Crippen LogP contribution in [0.3, 0.4) is 0 Å². The van der Waals surface area contributed by atoms with Crippen LogP contribution in [0.15, 0.2) is 12.3 Å². The fourth-order valence-corrected chi connectivity index (χ4v) is 2.92. The summed E-state index contributed by atoms with van der Waals surface area (Å²) in [5.41, 5.74) is 3.24. The molecule has 2 aromatic heterocycles. The third-order valence-electron chi connectivity index (χ3n) is 4.02.